The van der Waals surface area contributed by atoms with Crippen LogP contribution in [0, 0.1) is 39.8 Å². The Hall–Kier alpha value is -0.794. The van der Waals surface area contributed by atoms with Crippen LogP contribution in [0.1, 0.15) is 22.3 Å². The maximum Gasteiger partial charge on any atom is 2.00 e. The number of hydrogen-bond acceptors (Lipinski definition) is 0. The molecule has 0 spiro atoms. The van der Waals surface area contributed by atoms with Crippen LogP contribution in [0.25, 0.3) is 0 Å². The molecule has 0 unspecified atom stereocenters. The van der Waals surface area contributed by atoms with Gasteiger partial charge in [0.25, 0.3) is 0 Å². The summed E-state index contributed by atoms with van der Waals surface area (Å²) >= 11 is 0. The van der Waals surface area contributed by atoms with Crippen molar-refractivity contribution >= 4 is 23.1 Å². The minimum Gasteiger partial charge on any atom is -0.180 e. The zero-order chi connectivity index (χ0) is 12.0. The van der Waals surface area contributed by atoms with Crippen LogP contribution in [-0.2, 0) is 0 Å². The Labute approximate surface area is 121 Å². The Morgan fingerprint density at radius 3 is 1.24 bits per heavy atom. The van der Waals surface area contributed by atoms with Gasteiger partial charge in [-0.25, -0.2) is 0 Å². The standard InChI is InChI=1S/2C8H9.Mg/c2*1-7-5-3-4-6-8(7)2;/h2*3-5H,1-2H3;/q2*-1;+2. The normalized spacial score (nSPS) is 8.71. The van der Waals surface area contributed by atoms with E-state index in [2.05, 4.69) is 52.0 Å². The summed E-state index contributed by atoms with van der Waals surface area (Å²) in [7, 11) is 0. The zero-order valence-electron chi connectivity index (χ0n) is 11.2. The van der Waals surface area contributed by atoms with E-state index in [1.54, 1.807) is 0 Å². The van der Waals surface area contributed by atoms with Crippen LogP contribution in [-0.4, -0.2) is 23.1 Å². The Kier molecular flexibility index (Phi) is 7.93. The van der Waals surface area contributed by atoms with Crippen LogP contribution >= 0.6 is 0 Å². The zero-order valence-corrected chi connectivity index (χ0v) is 12.6. The molecule has 0 nitrogen and oxygen atoms in total. The van der Waals surface area contributed by atoms with E-state index in [9.17, 15) is 0 Å². The predicted octanol–water partition coefficient (Wildman–Crippen LogP) is 3.83. The molecular formula is C16H18Mg. The number of aryl methyl sites for hydroxylation is 4. The molecule has 2 aromatic rings. The Morgan fingerprint density at radius 2 is 1.06 bits per heavy atom. The van der Waals surface area contributed by atoms with Gasteiger partial charge in [-0.1, -0.05) is 27.7 Å². The Balaban J connectivity index is 0.000000284. The van der Waals surface area contributed by atoms with Crippen molar-refractivity contribution in [2.24, 2.45) is 0 Å². The van der Waals surface area contributed by atoms with Gasteiger partial charge in [0.2, 0.25) is 0 Å². The van der Waals surface area contributed by atoms with Crippen molar-refractivity contribution in [3.63, 3.8) is 0 Å². The van der Waals surface area contributed by atoms with Crippen LogP contribution in [0.5, 0.6) is 0 Å². The molecule has 0 aliphatic rings. The fraction of sp³-hybridized carbons (Fsp3) is 0.250. The van der Waals surface area contributed by atoms with E-state index in [0.717, 1.165) is 0 Å². The van der Waals surface area contributed by atoms with E-state index in [1.807, 2.05) is 24.3 Å². The number of benzene rings is 2. The second kappa shape index (κ2) is 8.32. The maximum absolute atomic E-state index is 3.10. The van der Waals surface area contributed by atoms with Crippen LogP contribution in [0.3, 0.4) is 0 Å². The summed E-state index contributed by atoms with van der Waals surface area (Å²) < 4.78 is 0. The molecule has 0 fully saturated rings. The van der Waals surface area contributed by atoms with Gasteiger partial charge >= 0.3 is 23.1 Å². The minimum absolute atomic E-state index is 0. The van der Waals surface area contributed by atoms with Crippen LogP contribution in [0.15, 0.2) is 36.4 Å². The van der Waals surface area contributed by atoms with Crippen molar-refractivity contribution in [1.82, 2.24) is 0 Å². The van der Waals surface area contributed by atoms with Crippen molar-refractivity contribution < 1.29 is 0 Å². The molecule has 0 heterocycles. The van der Waals surface area contributed by atoms with Crippen molar-refractivity contribution in [2.75, 3.05) is 0 Å². The third kappa shape index (κ3) is 5.90. The van der Waals surface area contributed by atoms with Gasteiger partial charge in [-0.2, -0.15) is 70.8 Å². The van der Waals surface area contributed by atoms with Gasteiger partial charge in [-0.05, 0) is 0 Å². The van der Waals surface area contributed by atoms with Gasteiger partial charge in [0.1, 0.15) is 0 Å². The molecule has 0 bridgehead atoms. The fourth-order valence-electron chi connectivity index (χ4n) is 1.21. The summed E-state index contributed by atoms with van der Waals surface area (Å²) in [5.74, 6) is 0. The van der Waals surface area contributed by atoms with Gasteiger partial charge in [-0.15, -0.1) is 0 Å². The second-order valence-electron chi connectivity index (χ2n) is 3.96. The van der Waals surface area contributed by atoms with E-state index >= 15 is 0 Å². The first-order chi connectivity index (χ1) is 7.61. The first-order valence-electron chi connectivity index (χ1n) is 5.49. The molecule has 0 N–H and O–H groups in total. The van der Waals surface area contributed by atoms with E-state index in [0.29, 0.717) is 0 Å². The molecule has 2 rings (SSSR count). The topological polar surface area (TPSA) is 0 Å². The van der Waals surface area contributed by atoms with Crippen molar-refractivity contribution in [1.29, 1.82) is 0 Å². The average Bonchev–Trinajstić information content (AvgIpc) is 2.28. The SMILES string of the molecule is Cc1[c-]cccc1C.Cc1[c-]cccc1C.[Mg+2]. The Morgan fingerprint density at radius 1 is 0.706 bits per heavy atom. The minimum atomic E-state index is 0. The summed E-state index contributed by atoms with van der Waals surface area (Å²) in [6.07, 6.45) is 0. The van der Waals surface area contributed by atoms with E-state index in [4.69, 9.17) is 0 Å². The maximum atomic E-state index is 3.10. The van der Waals surface area contributed by atoms with Gasteiger partial charge in [0, 0.05) is 0 Å². The summed E-state index contributed by atoms with van der Waals surface area (Å²) in [6.45, 7) is 8.31. The summed E-state index contributed by atoms with van der Waals surface area (Å²) in [6, 6.07) is 18.2. The van der Waals surface area contributed by atoms with Gasteiger partial charge < -0.3 is 0 Å². The van der Waals surface area contributed by atoms with E-state index < -0.39 is 0 Å². The first kappa shape index (κ1) is 16.2. The van der Waals surface area contributed by atoms with Crippen LogP contribution < -0.4 is 0 Å². The Bertz CT molecular complexity index is 361. The van der Waals surface area contributed by atoms with E-state index in [-0.39, 0.29) is 23.1 Å². The third-order valence-electron chi connectivity index (χ3n) is 2.67. The third-order valence-corrected chi connectivity index (χ3v) is 2.67. The molecule has 0 radical (unpaired) electrons. The smallest absolute Gasteiger partial charge is 0.180 e. The molecule has 17 heavy (non-hydrogen) atoms. The summed E-state index contributed by atoms with van der Waals surface area (Å²) in [5.41, 5.74) is 5.11. The van der Waals surface area contributed by atoms with Crippen molar-refractivity contribution in [3.05, 3.63) is 70.8 Å². The molecule has 0 aliphatic heterocycles. The molecule has 0 aliphatic carbocycles. The van der Waals surface area contributed by atoms with E-state index in [1.165, 1.54) is 22.3 Å². The fourth-order valence-corrected chi connectivity index (χ4v) is 1.21. The largest absolute Gasteiger partial charge is 2.00 e. The molecule has 0 atom stereocenters. The summed E-state index contributed by atoms with van der Waals surface area (Å²) in [4.78, 5) is 0. The number of hydrogen-bond donors (Lipinski definition) is 0. The second-order valence-corrected chi connectivity index (χ2v) is 3.96. The van der Waals surface area contributed by atoms with Gasteiger partial charge in [-0.3, -0.25) is 0 Å². The molecule has 0 saturated heterocycles. The monoisotopic (exact) mass is 234 g/mol. The molecule has 0 amide bonds. The van der Waals surface area contributed by atoms with Crippen molar-refractivity contribution in [3.8, 4) is 0 Å². The van der Waals surface area contributed by atoms with Gasteiger partial charge in [0.05, 0.1) is 0 Å². The van der Waals surface area contributed by atoms with Crippen LogP contribution in [0.2, 0.25) is 0 Å². The average molecular weight is 235 g/mol. The summed E-state index contributed by atoms with van der Waals surface area (Å²) in [5, 5.41) is 0. The molecule has 0 saturated carbocycles. The molecule has 84 valence electrons. The van der Waals surface area contributed by atoms with Gasteiger partial charge in [0.15, 0.2) is 0 Å². The molecule has 2 aromatic carbocycles. The molecule has 0 aromatic heterocycles. The quantitative estimate of drug-likeness (QED) is 0.480. The van der Waals surface area contributed by atoms with Crippen LogP contribution in [0.4, 0.5) is 0 Å². The van der Waals surface area contributed by atoms with Crippen molar-refractivity contribution in [2.45, 2.75) is 27.7 Å². The first-order valence-corrected chi connectivity index (χ1v) is 5.49. The molecule has 1 heteroatoms. The number of rotatable bonds is 0. The predicted molar refractivity (Wildman–Crippen MR) is 75.3 cm³/mol. The molecular weight excluding hydrogens is 216 g/mol.